The van der Waals surface area contributed by atoms with Gasteiger partial charge in [-0.2, -0.15) is 11.8 Å². The van der Waals surface area contributed by atoms with Gasteiger partial charge in [-0.3, -0.25) is 0 Å². The Kier molecular flexibility index (Phi) is 4.45. The largest absolute Gasteiger partial charge is 0.389 e. The zero-order chi connectivity index (χ0) is 13.1. The molecule has 3 N–H and O–H groups in total. The Balaban J connectivity index is 2.07. The van der Waals surface area contributed by atoms with Gasteiger partial charge < -0.3 is 11.1 Å². The third kappa shape index (κ3) is 3.36. The molecule has 1 heterocycles. The molecule has 2 unspecified atom stereocenters. The molecule has 1 saturated carbocycles. The fourth-order valence-electron chi connectivity index (χ4n) is 2.38. The van der Waals surface area contributed by atoms with E-state index in [1.54, 1.807) is 0 Å². The number of aromatic nitrogens is 1. The first-order valence-electron chi connectivity index (χ1n) is 6.16. The zero-order valence-corrected chi connectivity index (χ0v) is 12.4. The zero-order valence-electron chi connectivity index (χ0n) is 10.8. The molecule has 0 amide bonds. The maximum atomic E-state index is 5.68. The molecule has 0 bridgehead atoms. The third-order valence-electron chi connectivity index (χ3n) is 3.31. The molecule has 98 valence electrons. The Morgan fingerprint density at radius 3 is 2.89 bits per heavy atom. The molecule has 0 aliphatic heterocycles. The smallest absolute Gasteiger partial charge is 0.127 e. The van der Waals surface area contributed by atoms with E-state index in [4.69, 9.17) is 18.0 Å². The third-order valence-corrected chi connectivity index (χ3v) is 4.64. The van der Waals surface area contributed by atoms with Crippen molar-refractivity contribution in [3.63, 3.8) is 0 Å². The van der Waals surface area contributed by atoms with Crippen LogP contribution in [0.4, 0.5) is 5.82 Å². The van der Waals surface area contributed by atoms with Crippen molar-refractivity contribution in [1.82, 2.24) is 4.98 Å². The number of nitrogens with two attached hydrogens (primary N) is 1. The summed E-state index contributed by atoms with van der Waals surface area (Å²) >= 11 is 6.98. The molecule has 1 aliphatic rings. The second-order valence-electron chi connectivity index (χ2n) is 4.76. The number of anilines is 1. The molecule has 2 rings (SSSR count). The Hall–Kier alpha value is -0.810. The van der Waals surface area contributed by atoms with Crippen molar-refractivity contribution in [3.8, 4) is 0 Å². The molecule has 18 heavy (non-hydrogen) atoms. The highest BCUT2D eigenvalue weighted by molar-refractivity contribution is 7.99. The molecule has 2 atom stereocenters. The number of thioether (sulfide) groups is 1. The lowest BCUT2D eigenvalue weighted by molar-refractivity contribution is 0.751. The van der Waals surface area contributed by atoms with Crippen LogP contribution in [0.25, 0.3) is 0 Å². The summed E-state index contributed by atoms with van der Waals surface area (Å²) in [6.45, 7) is 1.96. The number of hydrogen-bond donors (Lipinski definition) is 2. The van der Waals surface area contributed by atoms with Gasteiger partial charge in [0.25, 0.3) is 0 Å². The molecule has 1 aliphatic carbocycles. The summed E-state index contributed by atoms with van der Waals surface area (Å²) in [6, 6.07) is 4.39. The van der Waals surface area contributed by atoms with Gasteiger partial charge in [0.05, 0.1) is 0 Å². The average Bonchev–Trinajstić information content (AvgIpc) is 2.76. The summed E-state index contributed by atoms with van der Waals surface area (Å²) < 4.78 is 0. The fraction of sp³-hybridized carbons (Fsp3) is 0.538. The van der Waals surface area contributed by atoms with Gasteiger partial charge in [-0.05, 0) is 44.6 Å². The summed E-state index contributed by atoms with van der Waals surface area (Å²) in [7, 11) is 0. The van der Waals surface area contributed by atoms with Crippen molar-refractivity contribution < 1.29 is 0 Å². The van der Waals surface area contributed by atoms with Crippen LogP contribution in [-0.2, 0) is 0 Å². The van der Waals surface area contributed by atoms with E-state index < -0.39 is 0 Å². The first-order chi connectivity index (χ1) is 8.58. The summed E-state index contributed by atoms with van der Waals surface area (Å²) in [5.41, 5.74) is 7.51. The Morgan fingerprint density at radius 1 is 1.50 bits per heavy atom. The van der Waals surface area contributed by atoms with Crippen molar-refractivity contribution in [2.75, 3.05) is 11.6 Å². The molecular formula is C13H19N3S2. The highest BCUT2D eigenvalue weighted by Crippen LogP contribution is 2.30. The van der Waals surface area contributed by atoms with Crippen LogP contribution in [0.1, 0.15) is 30.5 Å². The van der Waals surface area contributed by atoms with Crippen molar-refractivity contribution in [3.05, 3.63) is 23.4 Å². The number of hydrogen-bond acceptors (Lipinski definition) is 4. The molecule has 1 aromatic heterocycles. The predicted molar refractivity (Wildman–Crippen MR) is 83.4 cm³/mol. The molecule has 3 nitrogen and oxygen atoms in total. The molecule has 0 radical (unpaired) electrons. The van der Waals surface area contributed by atoms with Gasteiger partial charge >= 0.3 is 0 Å². The van der Waals surface area contributed by atoms with Gasteiger partial charge in [0, 0.05) is 22.5 Å². The minimum atomic E-state index is 0.428. The quantitative estimate of drug-likeness (QED) is 0.831. The lowest BCUT2D eigenvalue weighted by Crippen LogP contribution is -2.18. The topological polar surface area (TPSA) is 50.9 Å². The lowest BCUT2D eigenvalue weighted by atomic mass is 10.2. The number of pyridine rings is 1. The maximum absolute atomic E-state index is 5.68. The normalized spacial score (nSPS) is 23.0. The number of aryl methyl sites for hydroxylation is 1. The maximum Gasteiger partial charge on any atom is 0.127 e. The van der Waals surface area contributed by atoms with Crippen LogP contribution in [0.15, 0.2) is 12.1 Å². The van der Waals surface area contributed by atoms with Gasteiger partial charge in [0.15, 0.2) is 0 Å². The molecule has 0 aromatic carbocycles. The number of thiocarbonyl (C=S) groups is 1. The Bertz CT molecular complexity index is 448. The Labute approximate surface area is 118 Å². The highest BCUT2D eigenvalue weighted by atomic mass is 32.2. The van der Waals surface area contributed by atoms with Gasteiger partial charge in [0.1, 0.15) is 10.8 Å². The number of nitrogens with zero attached hydrogens (tertiary/aromatic N) is 1. The molecule has 5 heteroatoms. The molecule has 0 spiro atoms. The van der Waals surface area contributed by atoms with Crippen LogP contribution >= 0.6 is 24.0 Å². The van der Waals surface area contributed by atoms with Crippen LogP contribution in [0.3, 0.4) is 0 Å². The van der Waals surface area contributed by atoms with Crippen LogP contribution in [0.2, 0.25) is 0 Å². The lowest BCUT2D eigenvalue weighted by Gasteiger charge is -2.14. The Morgan fingerprint density at radius 2 is 2.28 bits per heavy atom. The minimum Gasteiger partial charge on any atom is -0.389 e. The van der Waals surface area contributed by atoms with E-state index in [9.17, 15) is 0 Å². The number of nitrogens with one attached hydrogen (secondary N) is 1. The molecule has 1 fully saturated rings. The highest BCUT2D eigenvalue weighted by Gasteiger charge is 2.24. The van der Waals surface area contributed by atoms with Gasteiger partial charge in [0.2, 0.25) is 0 Å². The van der Waals surface area contributed by atoms with Crippen LogP contribution < -0.4 is 11.1 Å². The van der Waals surface area contributed by atoms with Crippen LogP contribution in [0, 0.1) is 6.92 Å². The van der Waals surface area contributed by atoms with E-state index >= 15 is 0 Å². The summed E-state index contributed by atoms with van der Waals surface area (Å²) in [5.74, 6) is 0.893. The second-order valence-corrected chi connectivity index (χ2v) is 6.34. The summed E-state index contributed by atoms with van der Waals surface area (Å²) in [5, 5.41) is 4.28. The second kappa shape index (κ2) is 5.89. The monoisotopic (exact) mass is 281 g/mol. The van der Waals surface area contributed by atoms with E-state index in [1.165, 1.54) is 19.3 Å². The average molecular weight is 281 g/mol. The minimum absolute atomic E-state index is 0.428. The summed E-state index contributed by atoms with van der Waals surface area (Å²) in [4.78, 5) is 4.93. The van der Waals surface area contributed by atoms with E-state index in [1.807, 2.05) is 30.8 Å². The van der Waals surface area contributed by atoms with Gasteiger partial charge in [-0.15, -0.1) is 0 Å². The fourth-order valence-corrected chi connectivity index (χ4v) is 3.29. The van der Waals surface area contributed by atoms with E-state index in [-0.39, 0.29) is 0 Å². The van der Waals surface area contributed by atoms with Crippen molar-refractivity contribution in [2.24, 2.45) is 5.73 Å². The van der Waals surface area contributed by atoms with Crippen molar-refractivity contribution in [2.45, 2.75) is 37.5 Å². The first kappa shape index (κ1) is 13.6. The van der Waals surface area contributed by atoms with Gasteiger partial charge in [-0.25, -0.2) is 4.98 Å². The molecule has 0 saturated heterocycles. The van der Waals surface area contributed by atoms with Crippen LogP contribution in [0.5, 0.6) is 0 Å². The van der Waals surface area contributed by atoms with E-state index in [2.05, 4.69) is 16.6 Å². The van der Waals surface area contributed by atoms with E-state index in [0.717, 1.165) is 22.3 Å². The number of rotatable bonds is 4. The van der Waals surface area contributed by atoms with Crippen molar-refractivity contribution in [1.29, 1.82) is 0 Å². The summed E-state index contributed by atoms with van der Waals surface area (Å²) in [6.07, 6.45) is 5.89. The standard InChI is InChI=1S/C13H19N3S2/c1-8-5-9(13(14)17)6-12(15-8)16-10-3-4-11(7-10)18-2/h5-6,10-11H,3-4,7H2,1-2H3,(H2,14,17)(H,15,16). The van der Waals surface area contributed by atoms with E-state index in [0.29, 0.717) is 11.0 Å². The van der Waals surface area contributed by atoms with Crippen molar-refractivity contribution >= 4 is 34.8 Å². The molecule has 1 aromatic rings. The predicted octanol–water partition coefficient (Wildman–Crippen LogP) is 2.72. The first-order valence-corrected chi connectivity index (χ1v) is 7.86. The van der Waals surface area contributed by atoms with Crippen LogP contribution in [-0.4, -0.2) is 27.5 Å². The molecular weight excluding hydrogens is 262 g/mol. The SMILES string of the molecule is CSC1CCC(Nc2cc(C(N)=S)cc(C)n2)C1. The van der Waals surface area contributed by atoms with Gasteiger partial charge in [-0.1, -0.05) is 12.2 Å².